The molecule has 0 bridgehead atoms. The summed E-state index contributed by atoms with van der Waals surface area (Å²) in [5.41, 5.74) is 3.16. The van der Waals surface area contributed by atoms with Gasteiger partial charge >= 0.3 is 0 Å². The van der Waals surface area contributed by atoms with Crippen LogP contribution in [0.3, 0.4) is 0 Å². The summed E-state index contributed by atoms with van der Waals surface area (Å²) >= 11 is 7.75. The van der Waals surface area contributed by atoms with Gasteiger partial charge in [-0.1, -0.05) is 65.4 Å². The molecule has 6 nitrogen and oxygen atoms in total. The fourth-order valence-corrected chi connectivity index (χ4v) is 4.95. The molecule has 2 aromatic heterocycles. The second kappa shape index (κ2) is 8.80. The number of carbonyl (C=O) groups excluding carboxylic acids is 1. The predicted octanol–water partition coefficient (Wildman–Crippen LogP) is 5.03. The Hall–Kier alpha value is -2.71. The number of morpholine rings is 1. The smallest absolute Gasteiger partial charge is 0.273 e. The summed E-state index contributed by atoms with van der Waals surface area (Å²) in [4.78, 5) is 24.3. The number of amides is 1. The zero-order valence-electron chi connectivity index (χ0n) is 16.7. The van der Waals surface area contributed by atoms with Crippen LogP contribution in [0.1, 0.15) is 15.4 Å². The lowest BCUT2D eigenvalue weighted by atomic mass is 10.1. The van der Waals surface area contributed by atoms with E-state index in [1.165, 1.54) is 11.3 Å². The van der Waals surface area contributed by atoms with Crippen LogP contribution in [0.2, 0.25) is 5.02 Å². The monoisotopic (exact) mass is 452 g/mol. The molecule has 1 amide bonds. The van der Waals surface area contributed by atoms with Crippen molar-refractivity contribution in [1.29, 1.82) is 0 Å². The van der Waals surface area contributed by atoms with E-state index in [-0.39, 0.29) is 5.91 Å². The predicted molar refractivity (Wildman–Crippen MR) is 125 cm³/mol. The fourth-order valence-electron chi connectivity index (χ4n) is 3.70. The molecule has 3 heterocycles. The van der Waals surface area contributed by atoms with E-state index in [0.717, 1.165) is 59.9 Å². The van der Waals surface area contributed by atoms with Gasteiger partial charge in [-0.15, -0.1) is 0 Å². The molecule has 158 valence electrons. The van der Waals surface area contributed by atoms with Crippen molar-refractivity contribution in [1.82, 2.24) is 14.9 Å². The molecular formula is C23H21ClN4O2S. The molecule has 1 aliphatic heterocycles. The van der Waals surface area contributed by atoms with E-state index in [4.69, 9.17) is 21.3 Å². The number of anilines is 1. The van der Waals surface area contributed by atoms with Crippen LogP contribution in [-0.4, -0.2) is 47.1 Å². The minimum absolute atomic E-state index is 0.237. The zero-order valence-corrected chi connectivity index (χ0v) is 18.3. The van der Waals surface area contributed by atoms with Gasteiger partial charge in [0, 0.05) is 35.5 Å². The van der Waals surface area contributed by atoms with Crippen molar-refractivity contribution < 1.29 is 9.53 Å². The Morgan fingerprint density at radius 3 is 2.74 bits per heavy atom. The Bertz CT molecular complexity index is 1220. The van der Waals surface area contributed by atoms with Gasteiger partial charge in [0.2, 0.25) is 0 Å². The molecule has 0 spiro atoms. The lowest BCUT2D eigenvalue weighted by Gasteiger charge is -2.26. The quantitative estimate of drug-likeness (QED) is 0.445. The summed E-state index contributed by atoms with van der Waals surface area (Å²) in [6.07, 6.45) is 0. The molecular weight excluding hydrogens is 432 g/mol. The van der Waals surface area contributed by atoms with Gasteiger partial charge in [0.1, 0.15) is 5.69 Å². The largest absolute Gasteiger partial charge is 0.379 e. The number of hydrogen-bond acceptors (Lipinski definition) is 5. The lowest BCUT2D eigenvalue weighted by Crippen LogP contribution is -2.35. The average Bonchev–Trinajstić information content (AvgIpc) is 3.40. The third kappa shape index (κ3) is 4.36. The number of H-pyrrole nitrogens is 1. The average molecular weight is 453 g/mol. The molecule has 0 radical (unpaired) electrons. The van der Waals surface area contributed by atoms with Crippen molar-refractivity contribution in [3.8, 4) is 11.3 Å². The first-order valence-electron chi connectivity index (χ1n) is 10.1. The maximum atomic E-state index is 12.9. The van der Waals surface area contributed by atoms with Crippen molar-refractivity contribution in [2.75, 3.05) is 31.6 Å². The van der Waals surface area contributed by atoms with Gasteiger partial charge in [-0.3, -0.25) is 15.0 Å². The van der Waals surface area contributed by atoms with Crippen LogP contribution < -0.4 is 5.32 Å². The standard InChI is InChI=1S/C23H21ClN4O2S/c24-17-8-4-7-16-13-18(25-20(16)17)22(29)27-23-26-21(15-5-2-1-3-6-15)19(31-23)14-28-9-11-30-12-10-28/h1-8,13,25H,9-12,14H2,(H,26,27,29). The van der Waals surface area contributed by atoms with Crippen LogP contribution in [0, 0.1) is 0 Å². The molecule has 1 fully saturated rings. The summed E-state index contributed by atoms with van der Waals surface area (Å²) in [5.74, 6) is -0.237. The summed E-state index contributed by atoms with van der Waals surface area (Å²) in [6.45, 7) is 4.05. The second-order valence-corrected chi connectivity index (χ2v) is 8.88. The number of fused-ring (bicyclic) bond motifs is 1. The van der Waals surface area contributed by atoms with E-state index in [0.29, 0.717) is 15.8 Å². The highest BCUT2D eigenvalue weighted by molar-refractivity contribution is 7.16. The molecule has 8 heteroatoms. The van der Waals surface area contributed by atoms with Crippen molar-refractivity contribution in [3.05, 3.63) is 70.2 Å². The molecule has 0 atom stereocenters. The number of para-hydroxylation sites is 1. The van der Waals surface area contributed by atoms with Gasteiger partial charge in [-0.25, -0.2) is 4.98 Å². The fraction of sp³-hybridized carbons (Fsp3) is 0.217. The molecule has 1 aliphatic rings. The highest BCUT2D eigenvalue weighted by Crippen LogP contribution is 2.33. The molecule has 2 aromatic carbocycles. The number of rotatable bonds is 5. The number of aromatic amines is 1. The number of nitrogens with one attached hydrogen (secondary N) is 2. The lowest BCUT2D eigenvalue weighted by molar-refractivity contribution is 0.0347. The normalized spacial score (nSPS) is 14.7. The Kier molecular flexibility index (Phi) is 5.74. The van der Waals surface area contributed by atoms with E-state index < -0.39 is 0 Å². The molecule has 4 aromatic rings. The number of benzene rings is 2. The van der Waals surface area contributed by atoms with Gasteiger partial charge < -0.3 is 9.72 Å². The van der Waals surface area contributed by atoms with Crippen LogP contribution in [-0.2, 0) is 11.3 Å². The number of halogens is 1. The van der Waals surface area contributed by atoms with E-state index in [9.17, 15) is 4.79 Å². The highest BCUT2D eigenvalue weighted by Gasteiger charge is 2.20. The van der Waals surface area contributed by atoms with E-state index in [2.05, 4.69) is 15.2 Å². The molecule has 0 saturated carbocycles. The Labute approximate surface area is 188 Å². The third-order valence-corrected chi connectivity index (χ3v) is 6.56. The summed E-state index contributed by atoms with van der Waals surface area (Å²) in [7, 11) is 0. The SMILES string of the molecule is O=C(Nc1nc(-c2ccccc2)c(CN2CCOCC2)s1)c1cc2cccc(Cl)c2[nH]1. The summed E-state index contributed by atoms with van der Waals surface area (Å²) in [6, 6.07) is 17.5. The van der Waals surface area contributed by atoms with Crippen molar-refractivity contribution in [2.24, 2.45) is 0 Å². The first-order valence-corrected chi connectivity index (χ1v) is 11.3. The molecule has 5 rings (SSSR count). The number of thiazole rings is 1. The summed E-state index contributed by atoms with van der Waals surface area (Å²) < 4.78 is 5.47. The minimum Gasteiger partial charge on any atom is -0.379 e. The van der Waals surface area contributed by atoms with Crippen LogP contribution in [0.15, 0.2) is 54.6 Å². The minimum atomic E-state index is -0.237. The second-order valence-electron chi connectivity index (χ2n) is 7.39. The topological polar surface area (TPSA) is 70.2 Å². The molecule has 0 unspecified atom stereocenters. The number of carbonyl (C=O) groups is 1. The van der Waals surface area contributed by atoms with Gasteiger partial charge in [0.25, 0.3) is 5.91 Å². The Morgan fingerprint density at radius 2 is 1.97 bits per heavy atom. The van der Waals surface area contributed by atoms with Crippen LogP contribution in [0.4, 0.5) is 5.13 Å². The molecule has 1 saturated heterocycles. The van der Waals surface area contributed by atoms with E-state index >= 15 is 0 Å². The van der Waals surface area contributed by atoms with Crippen LogP contribution in [0.25, 0.3) is 22.2 Å². The van der Waals surface area contributed by atoms with Gasteiger partial charge in [-0.05, 0) is 12.1 Å². The maximum absolute atomic E-state index is 12.9. The molecule has 31 heavy (non-hydrogen) atoms. The van der Waals surface area contributed by atoms with Crippen molar-refractivity contribution >= 4 is 44.9 Å². The van der Waals surface area contributed by atoms with Gasteiger partial charge in [0.05, 0.1) is 29.4 Å². The Balaban J connectivity index is 1.42. The molecule has 2 N–H and O–H groups in total. The van der Waals surface area contributed by atoms with E-state index in [1.807, 2.05) is 42.5 Å². The van der Waals surface area contributed by atoms with Crippen molar-refractivity contribution in [2.45, 2.75) is 6.54 Å². The number of nitrogens with zero attached hydrogens (tertiary/aromatic N) is 2. The maximum Gasteiger partial charge on any atom is 0.273 e. The van der Waals surface area contributed by atoms with Crippen molar-refractivity contribution in [3.63, 3.8) is 0 Å². The van der Waals surface area contributed by atoms with Gasteiger partial charge in [-0.2, -0.15) is 0 Å². The number of ether oxygens (including phenoxy) is 1. The third-order valence-electron chi connectivity index (χ3n) is 5.29. The van der Waals surface area contributed by atoms with Crippen LogP contribution >= 0.6 is 22.9 Å². The van der Waals surface area contributed by atoms with Crippen LogP contribution in [0.5, 0.6) is 0 Å². The first-order chi connectivity index (χ1) is 15.2. The molecule has 0 aliphatic carbocycles. The summed E-state index contributed by atoms with van der Waals surface area (Å²) in [5, 5.41) is 5.02. The number of hydrogen-bond donors (Lipinski definition) is 2. The zero-order chi connectivity index (χ0) is 21.2. The van der Waals surface area contributed by atoms with E-state index in [1.54, 1.807) is 12.1 Å². The Morgan fingerprint density at radius 1 is 1.16 bits per heavy atom. The highest BCUT2D eigenvalue weighted by atomic mass is 35.5. The number of aromatic nitrogens is 2. The van der Waals surface area contributed by atoms with Gasteiger partial charge in [0.15, 0.2) is 5.13 Å². The first kappa shape index (κ1) is 20.2.